The van der Waals surface area contributed by atoms with Crippen LogP contribution in [0.3, 0.4) is 0 Å². The van der Waals surface area contributed by atoms with Gasteiger partial charge >= 0.3 is 0 Å². The Hall–Kier alpha value is -2.12. The maximum atomic E-state index is 12.7. The molecule has 7 heteroatoms. The zero-order valence-electron chi connectivity index (χ0n) is 17.8. The molecule has 1 aromatic rings. The first kappa shape index (κ1) is 23.2. The Kier molecular flexibility index (Phi) is 8.46. The van der Waals surface area contributed by atoms with Gasteiger partial charge in [0.2, 0.25) is 11.8 Å². The van der Waals surface area contributed by atoms with Crippen LogP contribution in [0.2, 0.25) is 0 Å². The monoisotopic (exact) mass is 405 g/mol. The number of nitrogens with zero attached hydrogens (tertiary/aromatic N) is 1. The molecule has 29 heavy (non-hydrogen) atoms. The van der Waals surface area contributed by atoms with Crippen LogP contribution in [0, 0.1) is 5.92 Å². The Labute approximate surface area is 173 Å². The fraction of sp³-hybridized carbons (Fsp3) is 0.636. The highest BCUT2D eigenvalue weighted by atomic mass is 16.5. The van der Waals surface area contributed by atoms with Crippen molar-refractivity contribution in [3.8, 4) is 5.75 Å². The molecule has 0 saturated carbocycles. The van der Waals surface area contributed by atoms with E-state index in [1.165, 1.54) is 0 Å². The van der Waals surface area contributed by atoms with Crippen molar-refractivity contribution >= 4 is 11.8 Å². The lowest BCUT2D eigenvalue weighted by atomic mass is 9.91. The second-order valence-electron chi connectivity index (χ2n) is 8.86. The number of piperidine rings is 1. The highest BCUT2D eigenvalue weighted by Gasteiger charge is 2.26. The smallest absolute Gasteiger partial charge is 0.243 e. The third-order valence-corrected chi connectivity index (χ3v) is 5.19. The van der Waals surface area contributed by atoms with E-state index in [2.05, 4.69) is 0 Å². The van der Waals surface area contributed by atoms with Gasteiger partial charge in [0.1, 0.15) is 11.4 Å². The molecule has 1 fully saturated rings. The van der Waals surface area contributed by atoms with Gasteiger partial charge in [-0.2, -0.15) is 0 Å². The molecule has 4 N–H and O–H groups in total. The predicted octanol–water partition coefficient (Wildman–Crippen LogP) is 2.65. The molecule has 2 rings (SSSR count). The topological polar surface area (TPSA) is 105 Å². The van der Waals surface area contributed by atoms with Crippen molar-refractivity contribution in [2.45, 2.75) is 70.9 Å². The summed E-state index contributed by atoms with van der Waals surface area (Å²) in [6.07, 6.45) is 4.38. The molecule has 7 nitrogen and oxygen atoms in total. The number of amides is 2. The molecular formula is C22H35N3O4. The molecule has 1 heterocycles. The molecule has 1 atom stereocenters. The number of likely N-dealkylation sites (tertiary alicyclic amines) is 1. The summed E-state index contributed by atoms with van der Waals surface area (Å²) < 4.78 is 5.82. The largest absolute Gasteiger partial charge is 0.488 e. The van der Waals surface area contributed by atoms with E-state index in [4.69, 9.17) is 15.7 Å². The first-order valence-electron chi connectivity index (χ1n) is 10.4. The zero-order valence-corrected chi connectivity index (χ0v) is 17.8. The SMILES string of the molecule is CC(C)(C)Oc1ccc(C[C@@H](N)C(=O)N2CCC(CCCC(=O)NO)CC2)cc1. The average molecular weight is 406 g/mol. The summed E-state index contributed by atoms with van der Waals surface area (Å²) in [5.74, 6) is 0.969. The second kappa shape index (κ2) is 10.6. The van der Waals surface area contributed by atoms with Crippen LogP contribution < -0.4 is 16.0 Å². The van der Waals surface area contributed by atoms with Gasteiger partial charge < -0.3 is 15.4 Å². The summed E-state index contributed by atoms with van der Waals surface area (Å²) in [5.41, 5.74) is 8.62. The van der Waals surface area contributed by atoms with Gasteiger partial charge in [0.05, 0.1) is 6.04 Å². The molecule has 0 radical (unpaired) electrons. The summed E-state index contributed by atoms with van der Waals surface area (Å²) in [6, 6.07) is 7.21. The number of hydrogen-bond acceptors (Lipinski definition) is 5. The number of carbonyl (C=O) groups excluding carboxylic acids is 2. The van der Waals surface area contributed by atoms with E-state index < -0.39 is 6.04 Å². The Morgan fingerprint density at radius 1 is 1.24 bits per heavy atom. The van der Waals surface area contributed by atoms with Crippen molar-refractivity contribution in [3.63, 3.8) is 0 Å². The Bertz CT molecular complexity index is 662. The Morgan fingerprint density at radius 2 is 1.86 bits per heavy atom. The molecule has 0 aromatic heterocycles. The average Bonchev–Trinajstić information content (AvgIpc) is 2.68. The number of ether oxygens (including phenoxy) is 1. The molecule has 1 aromatic carbocycles. The van der Waals surface area contributed by atoms with Gasteiger partial charge in [-0.15, -0.1) is 0 Å². The molecule has 1 aliphatic heterocycles. The summed E-state index contributed by atoms with van der Waals surface area (Å²) in [7, 11) is 0. The lowest BCUT2D eigenvalue weighted by Crippen LogP contribution is -2.48. The minimum atomic E-state index is -0.547. The van der Waals surface area contributed by atoms with Crippen molar-refractivity contribution in [1.29, 1.82) is 0 Å². The van der Waals surface area contributed by atoms with E-state index in [9.17, 15) is 9.59 Å². The third kappa shape index (κ3) is 8.03. The van der Waals surface area contributed by atoms with Gasteiger partial charge in [-0.3, -0.25) is 14.8 Å². The van der Waals surface area contributed by atoms with Crippen molar-refractivity contribution in [2.75, 3.05) is 13.1 Å². The number of benzene rings is 1. The van der Waals surface area contributed by atoms with E-state index in [0.29, 0.717) is 31.8 Å². The number of carbonyl (C=O) groups is 2. The zero-order chi connectivity index (χ0) is 21.4. The molecule has 1 saturated heterocycles. The number of rotatable bonds is 8. The number of nitrogens with two attached hydrogens (primary N) is 1. The highest BCUT2D eigenvalue weighted by molar-refractivity contribution is 5.82. The van der Waals surface area contributed by atoms with E-state index in [0.717, 1.165) is 37.0 Å². The van der Waals surface area contributed by atoms with E-state index in [1.807, 2.05) is 49.9 Å². The van der Waals surface area contributed by atoms with Crippen molar-refractivity contribution in [1.82, 2.24) is 10.4 Å². The van der Waals surface area contributed by atoms with Crippen molar-refractivity contribution < 1.29 is 19.5 Å². The van der Waals surface area contributed by atoms with Crippen LogP contribution in [0.4, 0.5) is 0 Å². The fourth-order valence-electron chi connectivity index (χ4n) is 3.67. The maximum Gasteiger partial charge on any atom is 0.243 e. The van der Waals surface area contributed by atoms with Gasteiger partial charge in [-0.05, 0) is 76.5 Å². The van der Waals surface area contributed by atoms with Crippen LogP contribution in [-0.2, 0) is 16.0 Å². The summed E-state index contributed by atoms with van der Waals surface area (Å²) in [6.45, 7) is 7.43. The second-order valence-corrected chi connectivity index (χ2v) is 8.86. The number of hydroxylamine groups is 1. The lowest BCUT2D eigenvalue weighted by Gasteiger charge is -2.33. The number of nitrogens with one attached hydrogen (secondary N) is 1. The van der Waals surface area contributed by atoms with Gasteiger partial charge in [0.15, 0.2) is 0 Å². The Balaban J connectivity index is 1.75. The third-order valence-electron chi connectivity index (χ3n) is 5.19. The van der Waals surface area contributed by atoms with Gasteiger partial charge in [0, 0.05) is 19.5 Å². The fourth-order valence-corrected chi connectivity index (χ4v) is 3.67. The van der Waals surface area contributed by atoms with E-state index in [1.54, 1.807) is 5.48 Å². The van der Waals surface area contributed by atoms with Crippen LogP contribution in [0.1, 0.15) is 58.4 Å². The molecule has 0 spiro atoms. The first-order valence-corrected chi connectivity index (χ1v) is 10.4. The summed E-state index contributed by atoms with van der Waals surface area (Å²) >= 11 is 0. The summed E-state index contributed by atoms with van der Waals surface area (Å²) in [4.78, 5) is 25.6. The normalized spacial score (nSPS) is 16.4. The quantitative estimate of drug-likeness (QED) is 0.455. The molecule has 0 bridgehead atoms. The van der Waals surface area contributed by atoms with Crippen LogP contribution in [-0.4, -0.2) is 46.7 Å². The first-order chi connectivity index (χ1) is 13.7. The number of hydrogen-bond donors (Lipinski definition) is 3. The van der Waals surface area contributed by atoms with Crippen LogP contribution in [0.15, 0.2) is 24.3 Å². The van der Waals surface area contributed by atoms with Gasteiger partial charge in [-0.1, -0.05) is 12.1 Å². The van der Waals surface area contributed by atoms with Crippen LogP contribution in [0.5, 0.6) is 5.75 Å². The predicted molar refractivity (Wildman–Crippen MR) is 112 cm³/mol. The van der Waals surface area contributed by atoms with Crippen LogP contribution in [0.25, 0.3) is 0 Å². The molecular weight excluding hydrogens is 370 g/mol. The van der Waals surface area contributed by atoms with E-state index >= 15 is 0 Å². The van der Waals surface area contributed by atoms with E-state index in [-0.39, 0.29) is 17.4 Å². The van der Waals surface area contributed by atoms with Gasteiger partial charge in [0.25, 0.3) is 0 Å². The highest BCUT2D eigenvalue weighted by Crippen LogP contribution is 2.23. The molecule has 1 aliphatic rings. The summed E-state index contributed by atoms with van der Waals surface area (Å²) in [5, 5.41) is 8.52. The Morgan fingerprint density at radius 3 is 2.41 bits per heavy atom. The maximum absolute atomic E-state index is 12.7. The molecule has 0 aliphatic carbocycles. The minimum Gasteiger partial charge on any atom is -0.488 e. The molecule has 0 unspecified atom stereocenters. The standard InChI is InChI=1S/C22H35N3O4/c1-22(2,3)29-18-9-7-17(8-10-18)15-19(23)21(27)25-13-11-16(12-14-25)5-4-6-20(26)24-28/h7-10,16,19,28H,4-6,11-15,23H2,1-3H3,(H,24,26)/t19-/m1/s1. The van der Waals surface area contributed by atoms with Crippen molar-refractivity contribution in [3.05, 3.63) is 29.8 Å². The molecule has 162 valence electrons. The minimum absolute atomic E-state index is 0.00173. The molecule has 2 amide bonds. The van der Waals surface area contributed by atoms with Crippen LogP contribution >= 0.6 is 0 Å². The van der Waals surface area contributed by atoms with Gasteiger partial charge in [-0.25, -0.2) is 5.48 Å². The lowest BCUT2D eigenvalue weighted by molar-refractivity contribution is -0.134. The van der Waals surface area contributed by atoms with Crippen molar-refractivity contribution in [2.24, 2.45) is 11.7 Å².